The molecule has 0 radical (unpaired) electrons. The van der Waals surface area contributed by atoms with Gasteiger partial charge in [-0.15, -0.1) is 0 Å². The molecule has 0 aromatic heterocycles. The molecule has 0 aliphatic carbocycles. The van der Waals surface area contributed by atoms with Crippen molar-refractivity contribution in [1.29, 1.82) is 0 Å². The summed E-state index contributed by atoms with van der Waals surface area (Å²) in [5, 5.41) is 11.3. The first-order chi connectivity index (χ1) is 7.89. The molecule has 0 aliphatic rings. The van der Waals surface area contributed by atoms with Crippen molar-refractivity contribution in [2.24, 2.45) is 0 Å². The first-order valence-electron chi connectivity index (χ1n) is 5.43. The van der Waals surface area contributed by atoms with Gasteiger partial charge in [-0.2, -0.15) is 13.2 Å². The van der Waals surface area contributed by atoms with E-state index in [0.29, 0.717) is 12.8 Å². The number of aliphatic hydroxyl groups excluding tert-OH is 1. The molecule has 0 rings (SSSR count). The van der Waals surface area contributed by atoms with E-state index in [9.17, 15) is 18.0 Å². The Hall–Kier alpha value is -0.820. The van der Waals surface area contributed by atoms with Crippen LogP contribution in [0.2, 0.25) is 0 Å². The fourth-order valence-electron chi connectivity index (χ4n) is 1.19. The summed E-state index contributed by atoms with van der Waals surface area (Å²) in [4.78, 5) is 11.3. The van der Waals surface area contributed by atoms with Crippen LogP contribution in [0.3, 0.4) is 0 Å². The second-order valence-electron chi connectivity index (χ2n) is 3.60. The highest BCUT2D eigenvalue weighted by Crippen LogP contribution is 2.14. The minimum atomic E-state index is -4.36. The van der Waals surface area contributed by atoms with Gasteiger partial charge in [0.15, 0.2) is 0 Å². The predicted octanol–water partition coefficient (Wildman–Crippen LogP) is 1.23. The molecule has 0 bridgehead atoms. The maximum Gasteiger partial charge on any atom is 0.411 e. The Kier molecular flexibility index (Phi) is 7.90. The number of alkyl halides is 3. The summed E-state index contributed by atoms with van der Waals surface area (Å²) in [6, 6.07) is -0.143. The summed E-state index contributed by atoms with van der Waals surface area (Å²) in [6.07, 6.45) is -3.38. The molecule has 0 fully saturated rings. The first kappa shape index (κ1) is 16.2. The Bertz CT molecular complexity index is 221. The molecule has 1 atom stereocenters. The highest BCUT2D eigenvalue weighted by molar-refractivity contribution is 5.76. The van der Waals surface area contributed by atoms with Crippen LogP contribution >= 0.6 is 0 Å². The summed E-state index contributed by atoms with van der Waals surface area (Å²) in [5.41, 5.74) is 0. The monoisotopic (exact) mass is 257 g/mol. The fraction of sp³-hybridized carbons (Fsp3) is 0.900. The molecule has 0 aromatic rings. The van der Waals surface area contributed by atoms with Crippen LogP contribution in [0.25, 0.3) is 0 Å². The number of carbonyl (C=O) groups excluding carboxylic acids is 1. The third-order valence-electron chi connectivity index (χ3n) is 2.07. The third-order valence-corrected chi connectivity index (χ3v) is 2.07. The fourth-order valence-corrected chi connectivity index (χ4v) is 1.19. The van der Waals surface area contributed by atoms with E-state index in [4.69, 9.17) is 5.11 Å². The van der Waals surface area contributed by atoms with E-state index in [1.807, 2.05) is 6.92 Å². The van der Waals surface area contributed by atoms with Gasteiger partial charge in [0.1, 0.15) is 6.61 Å². The van der Waals surface area contributed by atoms with Crippen molar-refractivity contribution in [3.63, 3.8) is 0 Å². The highest BCUT2D eigenvalue weighted by atomic mass is 19.4. The summed E-state index contributed by atoms with van der Waals surface area (Å²) < 4.78 is 39.4. The number of halogens is 3. The van der Waals surface area contributed by atoms with Crippen molar-refractivity contribution in [1.82, 2.24) is 5.32 Å². The van der Waals surface area contributed by atoms with Crippen molar-refractivity contribution in [3.8, 4) is 0 Å². The van der Waals surface area contributed by atoms with E-state index in [1.165, 1.54) is 0 Å². The topological polar surface area (TPSA) is 58.6 Å². The lowest BCUT2D eigenvalue weighted by Crippen LogP contribution is -2.35. The Labute approximate surface area is 98.1 Å². The van der Waals surface area contributed by atoms with Gasteiger partial charge in [0, 0.05) is 19.1 Å². The second kappa shape index (κ2) is 8.30. The first-order valence-corrected chi connectivity index (χ1v) is 5.43. The SMILES string of the molecule is CCC(CCO)NC(=O)CCOCC(F)(F)F. The molecule has 4 nitrogen and oxygen atoms in total. The number of aliphatic hydroxyl groups is 1. The molecule has 0 spiro atoms. The smallest absolute Gasteiger partial charge is 0.396 e. The quantitative estimate of drug-likeness (QED) is 0.643. The van der Waals surface area contributed by atoms with Gasteiger partial charge >= 0.3 is 6.18 Å². The van der Waals surface area contributed by atoms with Gasteiger partial charge in [-0.3, -0.25) is 4.79 Å². The lowest BCUT2D eigenvalue weighted by molar-refractivity contribution is -0.174. The van der Waals surface area contributed by atoms with Crippen molar-refractivity contribution >= 4 is 5.91 Å². The summed E-state index contributed by atoms with van der Waals surface area (Å²) in [7, 11) is 0. The van der Waals surface area contributed by atoms with Crippen molar-refractivity contribution in [2.75, 3.05) is 19.8 Å². The number of hydrogen-bond acceptors (Lipinski definition) is 3. The molecule has 1 unspecified atom stereocenters. The summed E-state index contributed by atoms with van der Waals surface area (Å²) in [5.74, 6) is -0.368. The predicted molar refractivity (Wildman–Crippen MR) is 55.4 cm³/mol. The molecule has 0 saturated carbocycles. The summed E-state index contributed by atoms with van der Waals surface area (Å²) >= 11 is 0. The van der Waals surface area contributed by atoms with Gasteiger partial charge in [-0.1, -0.05) is 6.92 Å². The zero-order valence-corrected chi connectivity index (χ0v) is 9.72. The second-order valence-corrected chi connectivity index (χ2v) is 3.60. The number of nitrogens with one attached hydrogen (secondary N) is 1. The number of rotatable bonds is 8. The van der Waals surface area contributed by atoms with Crippen LogP contribution in [-0.4, -0.2) is 43.1 Å². The Morgan fingerprint density at radius 2 is 2.12 bits per heavy atom. The highest BCUT2D eigenvalue weighted by Gasteiger charge is 2.27. The molecule has 7 heteroatoms. The summed E-state index contributed by atoms with van der Waals surface area (Å²) in [6.45, 7) is 0.207. The maximum atomic E-state index is 11.7. The van der Waals surface area contributed by atoms with Crippen LogP contribution in [0.1, 0.15) is 26.2 Å². The van der Waals surface area contributed by atoms with Crippen molar-refractivity contribution in [2.45, 2.75) is 38.4 Å². The van der Waals surface area contributed by atoms with Crippen LogP contribution in [0, 0.1) is 0 Å². The molecular formula is C10H18F3NO3. The number of hydrogen-bond donors (Lipinski definition) is 2. The number of carbonyl (C=O) groups is 1. The third kappa shape index (κ3) is 10.1. The van der Waals surface area contributed by atoms with Crippen molar-refractivity contribution in [3.05, 3.63) is 0 Å². The molecule has 102 valence electrons. The zero-order valence-electron chi connectivity index (χ0n) is 9.72. The van der Waals surface area contributed by atoms with Gasteiger partial charge < -0.3 is 15.2 Å². The van der Waals surface area contributed by atoms with Gasteiger partial charge in [-0.05, 0) is 12.8 Å². The standard InChI is InChI=1S/C10H18F3NO3/c1-2-8(3-5-15)14-9(16)4-6-17-7-10(11,12)13/h8,15H,2-7H2,1H3,(H,14,16). The van der Waals surface area contributed by atoms with Gasteiger partial charge in [0.05, 0.1) is 6.61 Å². The van der Waals surface area contributed by atoms with Crippen LogP contribution in [0.15, 0.2) is 0 Å². The van der Waals surface area contributed by atoms with Crippen LogP contribution < -0.4 is 5.32 Å². The van der Waals surface area contributed by atoms with Crippen LogP contribution in [0.5, 0.6) is 0 Å². The van der Waals surface area contributed by atoms with E-state index < -0.39 is 12.8 Å². The Balaban J connectivity index is 3.65. The van der Waals surface area contributed by atoms with Crippen LogP contribution in [-0.2, 0) is 9.53 Å². The normalized spacial score (nSPS) is 13.5. The number of amides is 1. The average molecular weight is 257 g/mol. The lowest BCUT2D eigenvalue weighted by Gasteiger charge is -2.15. The lowest BCUT2D eigenvalue weighted by atomic mass is 10.1. The molecular weight excluding hydrogens is 239 g/mol. The molecule has 17 heavy (non-hydrogen) atoms. The van der Waals surface area contributed by atoms with E-state index in [-0.39, 0.29) is 31.6 Å². The minimum absolute atomic E-state index is 0.0383. The largest absolute Gasteiger partial charge is 0.411 e. The Morgan fingerprint density at radius 1 is 1.47 bits per heavy atom. The molecule has 0 aliphatic heterocycles. The van der Waals surface area contributed by atoms with E-state index in [1.54, 1.807) is 0 Å². The maximum absolute atomic E-state index is 11.7. The van der Waals surface area contributed by atoms with E-state index in [2.05, 4.69) is 10.1 Å². The van der Waals surface area contributed by atoms with Gasteiger partial charge in [0.25, 0.3) is 0 Å². The minimum Gasteiger partial charge on any atom is -0.396 e. The van der Waals surface area contributed by atoms with E-state index >= 15 is 0 Å². The van der Waals surface area contributed by atoms with Gasteiger partial charge in [0.2, 0.25) is 5.91 Å². The molecule has 0 heterocycles. The molecule has 0 aromatic carbocycles. The molecule has 2 N–H and O–H groups in total. The Morgan fingerprint density at radius 3 is 2.59 bits per heavy atom. The average Bonchev–Trinajstić information content (AvgIpc) is 2.22. The van der Waals surface area contributed by atoms with E-state index in [0.717, 1.165) is 0 Å². The van der Waals surface area contributed by atoms with Crippen LogP contribution in [0.4, 0.5) is 13.2 Å². The molecule has 1 amide bonds. The zero-order chi connectivity index (χ0) is 13.3. The molecule has 0 saturated heterocycles. The van der Waals surface area contributed by atoms with Crippen molar-refractivity contribution < 1.29 is 27.8 Å². The van der Waals surface area contributed by atoms with Gasteiger partial charge in [-0.25, -0.2) is 0 Å². The number of ether oxygens (including phenoxy) is 1.